The van der Waals surface area contributed by atoms with Crippen molar-refractivity contribution in [3.63, 3.8) is 0 Å². The molecule has 1 heterocycles. The van der Waals surface area contributed by atoms with Gasteiger partial charge in [-0.2, -0.15) is 0 Å². The molecular weight excluding hydrogens is 226 g/mol. The SMILES string of the molecule is COC(=O)C(Sc1nc(C)c(C)o1)C1CC1. The highest BCUT2D eigenvalue weighted by molar-refractivity contribution is 8.00. The van der Waals surface area contributed by atoms with Gasteiger partial charge in [0.2, 0.25) is 0 Å². The van der Waals surface area contributed by atoms with Crippen LogP contribution in [0.15, 0.2) is 9.64 Å². The van der Waals surface area contributed by atoms with Gasteiger partial charge in [0.05, 0.1) is 12.8 Å². The predicted molar refractivity (Wildman–Crippen MR) is 60.4 cm³/mol. The Kier molecular flexibility index (Phi) is 3.23. The number of nitrogens with zero attached hydrogens (tertiary/aromatic N) is 1. The van der Waals surface area contributed by atoms with Crippen molar-refractivity contribution in [3.05, 3.63) is 11.5 Å². The molecule has 1 saturated carbocycles. The third-order valence-electron chi connectivity index (χ3n) is 2.72. The molecule has 0 aromatic carbocycles. The molecule has 1 aliphatic carbocycles. The Morgan fingerprint density at radius 3 is 2.69 bits per heavy atom. The van der Waals surface area contributed by atoms with Crippen LogP contribution in [-0.4, -0.2) is 23.3 Å². The lowest BCUT2D eigenvalue weighted by Crippen LogP contribution is -2.20. The van der Waals surface area contributed by atoms with Crippen LogP contribution in [0, 0.1) is 19.8 Å². The number of rotatable bonds is 4. The zero-order chi connectivity index (χ0) is 11.7. The fourth-order valence-corrected chi connectivity index (χ4v) is 2.69. The van der Waals surface area contributed by atoms with E-state index in [1.807, 2.05) is 13.8 Å². The largest absolute Gasteiger partial charge is 0.468 e. The molecule has 0 saturated heterocycles. The third kappa shape index (κ3) is 2.40. The summed E-state index contributed by atoms with van der Waals surface area (Å²) in [6.07, 6.45) is 2.18. The number of esters is 1. The first-order valence-corrected chi connectivity index (χ1v) is 6.18. The highest BCUT2D eigenvalue weighted by atomic mass is 32.2. The number of carbonyl (C=O) groups is 1. The summed E-state index contributed by atoms with van der Waals surface area (Å²) in [4.78, 5) is 15.8. The number of carbonyl (C=O) groups excluding carboxylic acids is 1. The summed E-state index contributed by atoms with van der Waals surface area (Å²) in [5, 5.41) is 0.403. The number of hydrogen-bond acceptors (Lipinski definition) is 5. The lowest BCUT2D eigenvalue weighted by atomic mass is 10.3. The van der Waals surface area contributed by atoms with Gasteiger partial charge in [0.15, 0.2) is 0 Å². The minimum absolute atomic E-state index is 0.164. The van der Waals surface area contributed by atoms with Crippen LogP contribution in [0.2, 0.25) is 0 Å². The smallest absolute Gasteiger partial charge is 0.319 e. The molecule has 0 radical (unpaired) electrons. The van der Waals surface area contributed by atoms with E-state index in [0.29, 0.717) is 11.1 Å². The molecule has 5 heteroatoms. The van der Waals surface area contributed by atoms with E-state index in [-0.39, 0.29) is 11.2 Å². The standard InChI is InChI=1S/C11H15NO3S/c1-6-7(2)15-11(12-6)16-9(8-4-5-8)10(13)14-3/h8-9H,4-5H2,1-3H3. The van der Waals surface area contributed by atoms with Crippen molar-refractivity contribution in [2.45, 2.75) is 37.2 Å². The van der Waals surface area contributed by atoms with E-state index in [0.717, 1.165) is 24.3 Å². The number of ether oxygens (including phenoxy) is 1. The summed E-state index contributed by atoms with van der Waals surface area (Å²) in [7, 11) is 1.42. The van der Waals surface area contributed by atoms with Crippen LogP contribution in [0.3, 0.4) is 0 Å². The Labute approximate surface area is 98.8 Å². The average Bonchev–Trinajstić information content (AvgIpc) is 3.03. The predicted octanol–water partition coefficient (Wildman–Crippen LogP) is 2.34. The summed E-state index contributed by atoms with van der Waals surface area (Å²) in [5.41, 5.74) is 0.877. The summed E-state index contributed by atoms with van der Waals surface area (Å²) in [5.74, 6) is 1.05. The normalized spacial score (nSPS) is 17.2. The number of methoxy groups -OCH3 is 1. The van der Waals surface area contributed by atoms with Gasteiger partial charge in [-0.15, -0.1) is 0 Å². The van der Waals surface area contributed by atoms with Gasteiger partial charge in [0, 0.05) is 0 Å². The molecular formula is C11H15NO3S. The molecule has 0 bridgehead atoms. The monoisotopic (exact) mass is 241 g/mol. The van der Waals surface area contributed by atoms with E-state index < -0.39 is 0 Å². The van der Waals surface area contributed by atoms with Crippen LogP contribution in [0.5, 0.6) is 0 Å². The van der Waals surface area contributed by atoms with Crippen LogP contribution in [0.25, 0.3) is 0 Å². The molecule has 1 unspecified atom stereocenters. The van der Waals surface area contributed by atoms with Crippen LogP contribution in [0.4, 0.5) is 0 Å². The zero-order valence-electron chi connectivity index (χ0n) is 9.65. The van der Waals surface area contributed by atoms with Crippen LogP contribution in [0.1, 0.15) is 24.3 Å². The number of hydrogen-bond donors (Lipinski definition) is 0. The minimum atomic E-state index is -0.180. The van der Waals surface area contributed by atoms with Gasteiger partial charge in [0.25, 0.3) is 5.22 Å². The maximum absolute atomic E-state index is 11.6. The summed E-state index contributed by atoms with van der Waals surface area (Å²) in [6, 6.07) is 0. The number of thioether (sulfide) groups is 1. The Balaban J connectivity index is 2.08. The molecule has 2 rings (SSSR count). The highest BCUT2D eigenvalue weighted by Gasteiger charge is 2.38. The number of aryl methyl sites for hydroxylation is 2. The number of aromatic nitrogens is 1. The lowest BCUT2D eigenvalue weighted by Gasteiger charge is -2.10. The van der Waals surface area contributed by atoms with E-state index in [9.17, 15) is 4.79 Å². The Morgan fingerprint density at radius 1 is 1.56 bits per heavy atom. The van der Waals surface area contributed by atoms with Crippen molar-refractivity contribution >= 4 is 17.7 Å². The quantitative estimate of drug-likeness (QED) is 0.598. The molecule has 1 fully saturated rings. The first-order chi connectivity index (χ1) is 7.61. The molecule has 1 atom stereocenters. The van der Waals surface area contributed by atoms with Crippen molar-refractivity contribution in [1.82, 2.24) is 4.98 Å². The molecule has 4 nitrogen and oxygen atoms in total. The van der Waals surface area contributed by atoms with E-state index in [2.05, 4.69) is 4.98 Å². The molecule has 0 N–H and O–H groups in total. The first kappa shape index (κ1) is 11.5. The minimum Gasteiger partial charge on any atom is -0.468 e. The van der Waals surface area contributed by atoms with Gasteiger partial charge >= 0.3 is 5.97 Å². The second-order valence-electron chi connectivity index (χ2n) is 4.02. The second kappa shape index (κ2) is 4.49. The van der Waals surface area contributed by atoms with Crippen molar-refractivity contribution < 1.29 is 13.9 Å². The lowest BCUT2D eigenvalue weighted by molar-refractivity contribution is -0.140. The Bertz CT molecular complexity index is 378. The second-order valence-corrected chi connectivity index (χ2v) is 5.11. The fraction of sp³-hybridized carbons (Fsp3) is 0.636. The Hall–Kier alpha value is -0.970. The van der Waals surface area contributed by atoms with Crippen molar-refractivity contribution in [1.29, 1.82) is 0 Å². The molecule has 0 aliphatic heterocycles. The van der Waals surface area contributed by atoms with Gasteiger partial charge in [-0.1, -0.05) is 11.8 Å². The maximum Gasteiger partial charge on any atom is 0.319 e. The molecule has 0 spiro atoms. The zero-order valence-corrected chi connectivity index (χ0v) is 10.5. The first-order valence-electron chi connectivity index (χ1n) is 5.30. The van der Waals surface area contributed by atoms with Gasteiger partial charge < -0.3 is 9.15 Å². The van der Waals surface area contributed by atoms with E-state index in [1.54, 1.807) is 0 Å². The Morgan fingerprint density at radius 2 is 2.25 bits per heavy atom. The van der Waals surface area contributed by atoms with Gasteiger partial charge in [-0.25, -0.2) is 4.98 Å². The van der Waals surface area contributed by atoms with E-state index in [4.69, 9.17) is 9.15 Å². The summed E-state index contributed by atoms with van der Waals surface area (Å²) < 4.78 is 10.3. The maximum atomic E-state index is 11.6. The van der Waals surface area contributed by atoms with Crippen LogP contribution >= 0.6 is 11.8 Å². The van der Waals surface area contributed by atoms with Crippen LogP contribution in [-0.2, 0) is 9.53 Å². The number of oxazole rings is 1. The summed E-state index contributed by atoms with van der Waals surface area (Å²) >= 11 is 1.37. The van der Waals surface area contributed by atoms with Gasteiger partial charge in [0.1, 0.15) is 11.0 Å². The van der Waals surface area contributed by atoms with Crippen molar-refractivity contribution in [3.8, 4) is 0 Å². The molecule has 0 amide bonds. The highest BCUT2D eigenvalue weighted by Crippen LogP contribution is 2.42. The van der Waals surface area contributed by atoms with E-state index in [1.165, 1.54) is 18.9 Å². The topological polar surface area (TPSA) is 52.3 Å². The third-order valence-corrected chi connectivity index (χ3v) is 3.93. The molecule has 1 aromatic rings. The van der Waals surface area contributed by atoms with Gasteiger partial charge in [-0.05, 0) is 32.6 Å². The summed E-state index contributed by atoms with van der Waals surface area (Å²) in [6.45, 7) is 3.77. The van der Waals surface area contributed by atoms with Crippen molar-refractivity contribution in [2.24, 2.45) is 5.92 Å². The molecule has 1 aliphatic rings. The molecule has 1 aromatic heterocycles. The fourth-order valence-electron chi connectivity index (χ4n) is 1.45. The van der Waals surface area contributed by atoms with E-state index >= 15 is 0 Å². The average molecular weight is 241 g/mol. The van der Waals surface area contributed by atoms with Crippen molar-refractivity contribution in [2.75, 3.05) is 7.11 Å². The molecule has 16 heavy (non-hydrogen) atoms. The van der Waals surface area contributed by atoms with Crippen LogP contribution < -0.4 is 0 Å². The van der Waals surface area contributed by atoms with Gasteiger partial charge in [-0.3, -0.25) is 4.79 Å². The molecule has 88 valence electrons.